The number of carbonyl (C=O) groups excluding carboxylic acids is 1. The van der Waals surface area contributed by atoms with E-state index in [1.807, 2.05) is 0 Å². The van der Waals surface area contributed by atoms with Gasteiger partial charge in [-0.25, -0.2) is 0 Å². The van der Waals surface area contributed by atoms with Crippen molar-refractivity contribution in [3.8, 4) is 0 Å². The number of rotatable bonds is 8. The van der Waals surface area contributed by atoms with Crippen LogP contribution in [0.5, 0.6) is 0 Å². The van der Waals surface area contributed by atoms with Crippen LogP contribution in [0.1, 0.15) is 43.7 Å². The van der Waals surface area contributed by atoms with Crippen LogP contribution in [0, 0.1) is 13.8 Å². The maximum absolute atomic E-state index is 11.7. The number of nitrogens with one attached hydrogen (secondary N) is 1. The van der Waals surface area contributed by atoms with Crippen molar-refractivity contribution in [3.63, 3.8) is 0 Å². The number of unbranched alkanes of at least 4 members (excludes halogenated alkanes) is 3. The molecule has 106 valence electrons. The Morgan fingerprint density at radius 3 is 2.63 bits per heavy atom. The number of aryl methyl sites for hydroxylation is 2. The Kier molecular flexibility index (Phi) is 7.65. The molecule has 0 aromatic heterocycles. The summed E-state index contributed by atoms with van der Waals surface area (Å²) in [6.45, 7) is 7.21. The standard InChI is InChI=1S/C16H25NOS/c1-4-5-6-7-10-17-16(18)12-19-15-9-8-13(2)14(3)11-15/h8-9,11H,4-7,10,12H2,1-3H3,(H,17,18). The van der Waals surface area contributed by atoms with Crippen LogP contribution in [0.25, 0.3) is 0 Å². The molecule has 0 saturated carbocycles. The molecule has 1 N–H and O–H groups in total. The topological polar surface area (TPSA) is 29.1 Å². The van der Waals surface area contributed by atoms with Gasteiger partial charge in [0.05, 0.1) is 5.75 Å². The predicted octanol–water partition coefficient (Wildman–Crippen LogP) is 4.09. The molecule has 1 aromatic rings. The lowest BCUT2D eigenvalue weighted by molar-refractivity contribution is -0.118. The van der Waals surface area contributed by atoms with Gasteiger partial charge in [-0.3, -0.25) is 4.79 Å². The van der Waals surface area contributed by atoms with Crippen molar-refractivity contribution in [2.24, 2.45) is 0 Å². The highest BCUT2D eigenvalue weighted by atomic mass is 32.2. The Hall–Kier alpha value is -0.960. The van der Waals surface area contributed by atoms with E-state index in [-0.39, 0.29) is 5.91 Å². The van der Waals surface area contributed by atoms with Crippen molar-refractivity contribution in [2.45, 2.75) is 51.3 Å². The minimum Gasteiger partial charge on any atom is -0.355 e. The lowest BCUT2D eigenvalue weighted by Gasteiger charge is -2.06. The van der Waals surface area contributed by atoms with Crippen molar-refractivity contribution in [3.05, 3.63) is 29.3 Å². The maximum atomic E-state index is 11.7. The average Bonchev–Trinajstić information content (AvgIpc) is 2.40. The molecule has 0 heterocycles. The maximum Gasteiger partial charge on any atom is 0.230 e. The van der Waals surface area contributed by atoms with Gasteiger partial charge in [-0.1, -0.05) is 32.3 Å². The largest absolute Gasteiger partial charge is 0.355 e. The smallest absolute Gasteiger partial charge is 0.230 e. The second-order valence-electron chi connectivity index (χ2n) is 4.95. The van der Waals surface area contributed by atoms with Gasteiger partial charge in [-0.05, 0) is 43.5 Å². The highest BCUT2D eigenvalue weighted by Crippen LogP contribution is 2.20. The molecule has 0 radical (unpaired) electrons. The molecule has 1 amide bonds. The van der Waals surface area contributed by atoms with Crippen molar-refractivity contribution in [1.82, 2.24) is 5.32 Å². The third kappa shape index (κ3) is 6.67. The monoisotopic (exact) mass is 279 g/mol. The first-order valence-electron chi connectivity index (χ1n) is 7.10. The van der Waals surface area contributed by atoms with E-state index in [1.165, 1.54) is 35.3 Å². The number of carbonyl (C=O) groups is 1. The Morgan fingerprint density at radius 1 is 1.16 bits per heavy atom. The number of benzene rings is 1. The van der Waals surface area contributed by atoms with Crippen molar-refractivity contribution < 1.29 is 4.79 Å². The molecular formula is C16H25NOS. The van der Waals surface area contributed by atoms with Crippen LogP contribution < -0.4 is 5.32 Å². The molecule has 0 aliphatic heterocycles. The van der Waals surface area contributed by atoms with E-state index in [2.05, 4.69) is 44.3 Å². The number of hydrogen-bond donors (Lipinski definition) is 1. The van der Waals surface area contributed by atoms with Crippen LogP contribution >= 0.6 is 11.8 Å². The summed E-state index contributed by atoms with van der Waals surface area (Å²) >= 11 is 1.61. The Bertz CT molecular complexity index is 404. The Balaban J connectivity index is 2.20. The first kappa shape index (κ1) is 16.1. The first-order chi connectivity index (χ1) is 9.13. The van der Waals surface area contributed by atoms with Gasteiger partial charge in [0.15, 0.2) is 0 Å². The molecule has 0 fully saturated rings. The molecule has 2 nitrogen and oxygen atoms in total. The van der Waals surface area contributed by atoms with Gasteiger partial charge in [-0.15, -0.1) is 11.8 Å². The number of amides is 1. The van der Waals surface area contributed by atoms with E-state index in [0.29, 0.717) is 5.75 Å². The summed E-state index contributed by atoms with van der Waals surface area (Å²) < 4.78 is 0. The Morgan fingerprint density at radius 2 is 1.95 bits per heavy atom. The Labute approximate surface area is 121 Å². The van der Waals surface area contributed by atoms with Crippen molar-refractivity contribution >= 4 is 17.7 Å². The van der Waals surface area contributed by atoms with Gasteiger partial charge in [0, 0.05) is 11.4 Å². The lowest BCUT2D eigenvalue weighted by Crippen LogP contribution is -2.26. The summed E-state index contributed by atoms with van der Waals surface area (Å²) in [5, 5.41) is 2.98. The fourth-order valence-corrected chi connectivity index (χ4v) is 2.61. The van der Waals surface area contributed by atoms with Gasteiger partial charge in [0.1, 0.15) is 0 Å². The van der Waals surface area contributed by atoms with E-state index in [4.69, 9.17) is 0 Å². The zero-order valence-electron chi connectivity index (χ0n) is 12.3. The highest BCUT2D eigenvalue weighted by molar-refractivity contribution is 8.00. The second-order valence-corrected chi connectivity index (χ2v) is 5.99. The summed E-state index contributed by atoms with van der Waals surface area (Å²) in [5.41, 5.74) is 2.58. The second kappa shape index (κ2) is 9.03. The van der Waals surface area contributed by atoms with Gasteiger partial charge in [-0.2, -0.15) is 0 Å². The van der Waals surface area contributed by atoms with Gasteiger partial charge in [0.2, 0.25) is 5.91 Å². The summed E-state index contributed by atoms with van der Waals surface area (Å²) in [5.74, 6) is 0.649. The molecule has 0 aliphatic carbocycles. The van der Waals surface area contributed by atoms with Gasteiger partial charge < -0.3 is 5.32 Å². The zero-order chi connectivity index (χ0) is 14.1. The highest BCUT2D eigenvalue weighted by Gasteiger charge is 2.03. The van der Waals surface area contributed by atoms with Gasteiger partial charge in [0.25, 0.3) is 0 Å². The summed E-state index contributed by atoms with van der Waals surface area (Å²) in [7, 11) is 0. The van der Waals surface area contributed by atoms with Crippen LogP contribution in [0.3, 0.4) is 0 Å². The van der Waals surface area contributed by atoms with E-state index < -0.39 is 0 Å². The van der Waals surface area contributed by atoms with E-state index >= 15 is 0 Å². The quantitative estimate of drug-likeness (QED) is 0.573. The molecule has 3 heteroatoms. The normalized spacial score (nSPS) is 10.5. The minimum atomic E-state index is 0.139. The van der Waals surface area contributed by atoms with Crippen LogP contribution in [0.2, 0.25) is 0 Å². The van der Waals surface area contributed by atoms with E-state index in [9.17, 15) is 4.79 Å². The van der Waals surface area contributed by atoms with Gasteiger partial charge >= 0.3 is 0 Å². The zero-order valence-corrected chi connectivity index (χ0v) is 13.1. The molecule has 1 aromatic carbocycles. The summed E-state index contributed by atoms with van der Waals surface area (Å²) in [6.07, 6.45) is 4.79. The number of hydrogen-bond acceptors (Lipinski definition) is 2. The fourth-order valence-electron chi connectivity index (χ4n) is 1.78. The summed E-state index contributed by atoms with van der Waals surface area (Å²) in [4.78, 5) is 12.8. The fraction of sp³-hybridized carbons (Fsp3) is 0.562. The van der Waals surface area contributed by atoms with Crippen molar-refractivity contribution in [2.75, 3.05) is 12.3 Å². The van der Waals surface area contributed by atoms with Crippen molar-refractivity contribution in [1.29, 1.82) is 0 Å². The predicted molar refractivity (Wildman–Crippen MR) is 83.8 cm³/mol. The first-order valence-corrected chi connectivity index (χ1v) is 8.08. The van der Waals surface area contributed by atoms with E-state index in [0.717, 1.165) is 13.0 Å². The molecule has 0 unspecified atom stereocenters. The molecule has 0 aliphatic rings. The van der Waals surface area contributed by atoms with Crippen LogP contribution in [-0.2, 0) is 4.79 Å². The SMILES string of the molecule is CCCCCCNC(=O)CSc1ccc(C)c(C)c1. The average molecular weight is 279 g/mol. The molecule has 19 heavy (non-hydrogen) atoms. The molecule has 0 spiro atoms. The third-order valence-electron chi connectivity index (χ3n) is 3.20. The van der Waals surface area contributed by atoms with Crippen LogP contribution in [0.4, 0.5) is 0 Å². The molecule has 1 rings (SSSR count). The minimum absolute atomic E-state index is 0.139. The molecular weight excluding hydrogens is 254 g/mol. The lowest BCUT2D eigenvalue weighted by atomic mass is 10.1. The molecule has 0 saturated heterocycles. The van der Waals surface area contributed by atoms with Crippen LogP contribution in [-0.4, -0.2) is 18.2 Å². The van der Waals surface area contributed by atoms with Crippen LogP contribution in [0.15, 0.2) is 23.1 Å². The molecule has 0 bridgehead atoms. The summed E-state index contributed by atoms with van der Waals surface area (Å²) in [6, 6.07) is 6.34. The molecule has 0 atom stereocenters. The number of thioether (sulfide) groups is 1. The van der Waals surface area contributed by atoms with E-state index in [1.54, 1.807) is 11.8 Å². The third-order valence-corrected chi connectivity index (χ3v) is 4.19.